The number of rotatable bonds is 7. The molecule has 0 atom stereocenters. The molecule has 0 aliphatic rings. The molecule has 2 aromatic carbocycles. The van der Waals surface area contributed by atoms with E-state index in [2.05, 4.69) is 4.74 Å². The van der Waals surface area contributed by atoms with Gasteiger partial charge in [0.2, 0.25) is 10.0 Å². The van der Waals surface area contributed by atoms with Crippen molar-refractivity contribution >= 4 is 27.6 Å². The fraction of sp³-hybridized carbons (Fsp3) is 0.235. The Labute approximate surface area is 151 Å². The maximum Gasteiger partial charge on any atom is 0.306 e. The van der Waals surface area contributed by atoms with E-state index in [4.69, 9.17) is 11.6 Å². The van der Waals surface area contributed by atoms with E-state index >= 15 is 0 Å². The lowest BCUT2D eigenvalue weighted by Crippen LogP contribution is -2.33. The molecule has 8 heteroatoms. The van der Waals surface area contributed by atoms with Gasteiger partial charge in [-0.1, -0.05) is 41.9 Å². The summed E-state index contributed by atoms with van der Waals surface area (Å²) in [6.07, 6.45) is -0.0997. The Morgan fingerprint density at radius 2 is 1.88 bits per heavy atom. The van der Waals surface area contributed by atoms with Crippen LogP contribution >= 0.6 is 11.6 Å². The molecular weight excluding hydrogens is 369 g/mol. The van der Waals surface area contributed by atoms with Crippen molar-refractivity contribution in [3.8, 4) is 0 Å². The monoisotopic (exact) mass is 385 g/mol. The standard InChI is InChI=1S/C17H17ClFNO4S/c1-24-17(21)9-10-20(12-13-5-3-2-4-6-13)25(22,23)14-7-8-16(19)15(18)11-14/h2-8,11H,9-10,12H2,1H3. The SMILES string of the molecule is COC(=O)CCN(Cc1ccccc1)S(=O)(=O)c1ccc(F)c(Cl)c1. The van der Waals surface area contributed by atoms with Crippen LogP contribution in [0.3, 0.4) is 0 Å². The lowest BCUT2D eigenvalue weighted by atomic mass is 10.2. The lowest BCUT2D eigenvalue weighted by molar-refractivity contribution is -0.140. The van der Waals surface area contributed by atoms with Crippen LogP contribution in [0, 0.1) is 5.82 Å². The number of methoxy groups -OCH3 is 1. The molecule has 0 aromatic heterocycles. The summed E-state index contributed by atoms with van der Waals surface area (Å²) in [5.41, 5.74) is 0.754. The van der Waals surface area contributed by atoms with Gasteiger partial charge in [0.15, 0.2) is 0 Å². The van der Waals surface area contributed by atoms with E-state index in [1.807, 2.05) is 6.07 Å². The Morgan fingerprint density at radius 3 is 2.48 bits per heavy atom. The highest BCUT2D eigenvalue weighted by atomic mass is 35.5. The highest BCUT2D eigenvalue weighted by molar-refractivity contribution is 7.89. The molecule has 0 aliphatic carbocycles. The van der Waals surface area contributed by atoms with Gasteiger partial charge in [-0.2, -0.15) is 4.31 Å². The van der Waals surface area contributed by atoms with Crippen LogP contribution in [0.1, 0.15) is 12.0 Å². The van der Waals surface area contributed by atoms with Gasteiger partial charge in [0, 0.05) is 13.1 Å². The van der Waals surface area contributed by atoms with E-state index in [1.165, 1.54) is 7.11 Å². The van der Waals surface area contributed by atoms with Gasteiger partial charge in [0.05, 0.1) is 23.4 Å². The Morgan fingerprint density at radius 1 is 1.20 bits per heavy atom. The van der Waals surface area contributed by atoms with Gasteiger partial charge >= 0.3 is 5.97 Å². The first kappa shape index (κ1) is 19.4. The van der Waals surface area contributed by atoms with E-state index in [-0.39, 0.29) is 29.4 Å². The molecule has 5 nitrogen and oxygen atoms in total. The third kappa shape index (κ3) is 5.01. The van der Waals surface area contributed by atoms with Crippen molar-refractivity contribution in [2.45, 2.75) is 17.9 Å². The average Bonchev–Trinajstić information content (AvgIpc) is 2.61. The number of esters is 1. The molecule has 25 heavy (non-hydrogen) atoms. The second-order valence-corrected chi connectivity index (χ2v) is 7.57. The van der Waals surface area contributed by atoms with Crippen LogP contribution in [0.25, 0.3) is 0 Å². The minimum Gasteiger partial charge on any atom is -0.469 e. The molecule has 2 rings (SSSR count). The number of hydrogen-bond donors (Lipinski definition) is 0. The normalized spacial score (nSPS) is 11.5. The maximum absolute atomic E-state index is 13.3. The first-order valence-electron chi connectivity index (χ1n) is 7.40. The summed E-state index contributed by atoms with van der Waals surface area (Å²) >= 11 is 5.70. The first-order valence-corrected chi connectivity index (χ1v) is 9.22. The highest BCUT2D eigenvalue weighted by Crippen LogP contribution is 2.24. The predicted octanol–water partition coefficient (Wildman–Crippen LogP) is 3.23. The Kier molecular flexibility index (Phi) is 6.52. The van der Waals surface area contributed by atoms with Crippen LogP contribution in [0.2, 0.25) is 5.02 Å². The number of halogens is 2. The molecule has 0 amide bonds. The summed E-state index contributed by atoms with van der Waals surface area (Å²) < 4.78 is 44.8. The van der Waals surface area contributed by atoms with Crippen molar-refractivity contribution in [2.24, 2.45) is 0 Å². The predicted molar refractivity (Wildman–Crippen MR) is 92.1 cm³/mol. The Balaban J connectivity index is 2.34. The summed E-state index contributed by atoms with van der Waals surface area (Å²) in [6.45, 7) is -0.00589. The molecule has 0 fully saturated rings. The summed E-state index contributed by atoms with van der Waals surface area (Å²) in [5.74, 6) is -1.23. The molecule has 0 unspecified atom stereocenters. The van der Waals surface area contributed by atoms with Crippen LogP contribution in [-0.2, 0) is 26.1 Å². The van der Waals surface area contributed by atoms with Crippen LogP contribution in [0.15, 0.2) is 53.4 Å². The van der Waals surface area contributed by atoms with Gasteiger partial charge in [-0.3, -0.25) is 4.79 Å². The molecule has 0 saturated carbocycles. The van der Waals surface area contributed by atoms with Crippen LogP contribution in [-0.4, -0.2) is 32.3 Å². The molecule has 2 aromatic rings. The van der Waals surface area contributed by atoms with Crippen LogP contribution in [0.5, 0.6) is 0 Å². The molecule has 0 heterocycles. The maximum atomic E-state index is 13.3. The molecule has 0 N–H and O–H groups in total. The van der Waals surface area contributed by atoms with Gasteiger partial charge in [-0.15, -0.1) is 0 Å². The first-order chi connectivity index (χ1) is 11.8. The number of hydrogen-bond acceptors (Lipinski definition) is 4. The molecular formula is C17H17ClFNO4S. The largest absolute Gasteiger partial charge is 0.469 e. The van der Waals surface area contributed by atoms with Crippen LogP contribution in [0.4, 0.5) is 4.39 Å². The van der Waals surface area contributed by atoms with Gasteiger partial charge in [-0.25, -0.2) is 12.8 Å². The minimum atomic E-state index is -3.97. The summed E-state index contributed by atoms with van der Waals surface area (Å²) in [5, 5.41) is -0.284. The number of benzene rings is 2. The lowest BCUT2D eigenvalue weighted by Gasteiger charge is -2.22. The fourth-order valence-electron chi connectivity index (χ4n) is 2.18. The Hall–Kier alpha value is -1.96. The van der Waals surface area contributed by atoms with Crippen LogP contribution < -0.4 is 0 Å². The number of sulfonamides is 1. The Bertz CT molecular complexity index is 843. The zero-order valence-corrected chi connectivity index (χ0v) is 15.1. The van der Waals surface area contributed by atoms with Gasteiger partial charge in [0.25, 0.3) is 0 Å². The van der Waals surface area contributed by atoms with E-state index < -0.39 is 21.8 Å². The quantitative estimate of drug-likeness (QED) is 0.686. The molecule has 134 valence electrons. The molecule has 0 aliphatic heterocycles. The van der Waals surface area contributed by atoms with Gasteiger partial charge < -0.3 is 4.74 Å². The summed E-state index contributed by atoms with van der Waals surface area (Å²) in [7, 11) is -2.73. The van der Waals surface area contributed by atoms with Crippen molar-refractivity contribution in [1.29, 1.82) is 0 Å². The molecule has 0 radical (unpaired) electrons. The van der Waals surface area contributed by atoms with Crippen molar-refractivity contribution < 1.29 is 22.3 Å². The van der Waals surface area contributed by atoms with Gasteiger partial charge in [-0.05, 0) is 23.8 Å². The molecule has 0 spiro atoms. The fourth-order valence-corrected chi connectivity index (χ4v) is 3.88. The smallest absolute Gasteiger partial charge is 0.306 e. The number of carbonyl (C=O) groups is 1. The number of ether oxygens (including phenoxy) is 1. The van der Waals surface area contributed by atoms with E-state index in [9.17, 15) is 17.6 Å². The van der Waals surface area contributed by atoms with Crippen molar-refractivity contribution in [2.75, 3.05) is 13.7 Å². The molecule has 0 saturated heterocycles. The highest BCUT2D eigenvalue weighted by Gasteiger charge is 2.26. The number of carbonyl (C=O) groups excluding carboxylic acids is 1. The summed E-state index contributed by atoms with van der Waals surface area (Å²) in [6, 6.07) is 12.1. The zero-order chi connectivity index (χ0) is 18.4. The minimum absolute atomic E-state index is 0.0646. The topological polar surface area (TPSA) is 63.7 Å². The second kappa shape index (κ2) is 8.42. The zero-order valence-electron chi connectivity index (χ0n) is 13.5. The summed E-state index contributed by atoms with van der Waals surface area (Å²) in [4.78, 5) is 11.3. The van der Waals surface area contributed by atoms with Crippen molar-refractivity contribution in [3.63, 3.8) is 0 Å². The second-order valence-electron chi connectivity index (χ2n) is 5.23. The molecule has 0 bridgehead atoms. The van der Waals surface area contributed by atoms with E-state index in [1.54, 1.807) is 24.3 Å². The third-order valence-corrected chi connectivity index (χ3v) is 5.65. The van der Waals surface area contributed by atoms with Crippen molar-refractivity contribution in [1.82, 2.24) is 4.31 Å². The third-order valence-electron chi connectivity index (χ3n) is 3.52. The number of nitrogens with zero attached hydrogens (tertiary/aromatic N) is 1. The average molecular weight is 386 g/mol. The van der Waals surface area contributed by atoms with E-state index in [0.29, 0.717) is 0 Å². The van der Waals surface area contributed by atoms with Gasteiger partial charge in [0.1, 0.15) is 5.82 Å². The van der Waals surface area contributed by atoms with E-state index in [0.717, 1.165) is 28.1 Å². The van der Waals surface area contributed by atoms with Crippen molar-refractivity contribution in [3.05, 3.63) is 64.9 Å².